The molecule has 0 aromatic carbocycles. The highest BCUT2D eigenvalue weighted by molar-refractivity contribution is 4.79. The van der Waals surface area contributed by atoms with Crippen LogP contribution in [-0.2, 0) is 0 Å². The van der Waals surface area contributed by atoms with Crippen molar-refractivity contribution in [2.75, 3.05) is 26.2 Å². The van der Waals surface area contributed by atoms with Gasteiger partial charge in [-0.1, -0.05) is 34.6 Å². The van der Waals surface area contributed by atoms with Crippen LogP contribution in [0.15, 0.2) is 0 Å². The molecule has 2 N–H and O–H groups in total. The van der Waals surface area contributed by atoms with Crippen LogP contribution in [0.1, 0.15) is 47.5 Å². The Morgan fingerprint density at radius 2 is 1.71 bits per heavy atom. The molecular weight excluding hydrogens is 208 g/mol. The lowest BCUT2D eigenvalue weighted by molar-refractivity contribution is 0.112. The Morgan fingerprint density at radius 3 is 2.12 bits per heavy atom. The van der Waals surface area contributed by atoms with Crippen LogP contribution >= 0.6 is 0 Å². The average Bonchev–Trinajstić information content (AvgIpc) is 2.12. The van der Waals surface area contributed by atoms with E-state index in [4.69, 9.17) is 5.73 Å². The molecule has 0 saturated carbocycles. The second kappa shape index (κ2) is 6.19. The quantitative estimate of drug-likeness (QED) is 0.818. The van der Waals surface area contributed by atoms with E-state index in [1.54, 1.807) is 0 Å². The van der Waals surface area contributed by atoms with E-state index in [9.17, 15) is 0 Å². The van der Waals surface area contributed by atoms with E-state index >= 15 is 0 Å². The number of hydrogen-bond acceptors (Lipinski definition) is 2. The number of nitrogens with zero attached hydrogens (tertiary/aromatic N) is 1. The highest BCUT2D eigenvalue weighted by Gasteiger charge is 2.25. The van der Waals surface area contributed by atoms with Gasteiger partial charge in [-0.2, -0.15) is 0 Å². The molecule has 1 heterocycles. The maximum atomic E-state index is 5.94. The van der Waals surface area contributed by atoms with Gasteiger partial charge in [-0.3, -0.25) is 0 Å². The first-order valence-corrected chi connectivity index (χ1v) is 7.22. The lowest BCUT2D eigenvalue weighted by atomic mass is 9.83. The SMILES string of the molecule is CC1CC(C)CN(CC(CN)CC(C)(C)C)C1. The van der Waals surface area contributed by atoms with Gasteiger partial charge < -0.3 is 10.6 Å². The van der Waals surface area contributed by atoms with Crippen molar-refractivity contribution in [3.05, 3.63) is 0 Å². The van der Waals surface area contributed by atoms with Crippen LogP contribution in [-0.4, -0.2) is 31.1 Å². The van der Waals surface area contributed by atoms with Gasteiger partial charge in [-0.05, 0) is 42.6 Å². The van der Waals surface area contributed by atoms with E-state index < -0.39 is 0 Å². The van der Waals surface area contributed by atoms with E-state index in [2.05, 4.69) is 39.5 Å². The molecule has 102 valence electrons. The molecule has 1 fully saturated rings. The molecular formula is C15H32N2. The number of hydrogen-bond donors (Lipinski definition) is 1. The second-order valence-corrected chi connectivity index (χ2v) is 7.53. The van der Waals surface area contributed by atoms with Crippen molar-refractivity contribution < 1.29 is 0 Å². The molecule has 0 aliphatic carbocycles. The summed E-state index contributed by atoms with van der Waals surface area (Å²) in [6.07, 6.45) is 2.63. The van der Waals surface area contributed by atoms with Crippen molar-refractivity contribution in [1.82, 2.24) is 4.90 Å². The van der Waals surface area contributed by atoms with Crippen molar-refractivity contribution in [2.24, 2.45) is 28.9 Å². The first-order chi connectivity index (χ1) is 7.80. The van der Waals surface area contributed by atoms with Gasteiger partial charge in [0.05, 0.1) is 0 Å². The summed E-state index contributed by atoms with van der Waals surface area (Å²) in [6, 6.07) is 0. The minimum Gasteiger partial charge on any atom is -0.330 e. The van der Waals surface area contributed by atoms with Crippen molar-refractivity contribution in [2.45, 2.75) is 47.5 Å². The van der Waals surface area contributed by atoms with Gasteiger partial charge in [0.1, 0.15) is 0 Å². The van der Waals surface area contributed by atoms with Crippen molar-refractivity contribution in [3.8, 4) is 0 Å². The van der Waals surface area contributed by atoms with Crippen molar-refractivity contribution >= 4 is 0 Å². The molecule has 1 saturated heterocycles. The molecule has 0 bridgehead atoms. The summed E-state index contributed by atoms with van der Waals surface area (Å²) in [5.41, 5.74) is 6.34. The van der Waals surface area contributed by atoms with Crippen LogP contribution in [0.4, 0.5) is 0 Å². The second-order valence-electron chi connectivity index (χ2n) is 7.53. The van der Waals surface area contributed by atoms with Crippen molar-refractivity contribution in [3.63, 3.8) is 0 Å². The molecule has 0 spiro atoms. The maximum absolute atomic E-state index is 5.94. The van der Waals surface area contributed by atoms with Gasteiger partial charge in [0.15, 0.2) is 0 Å². The summed E-state index contributed by atoms with van der Waals surface area (Å²) >= 11 is 0. The normalized spacial score (nSPS) is 29.3. The summed E-state index contributed by atoms with van der Waals surface area (Å²) in [6.45, 7) is 16.3. The van der Waals surface area contributed by atoms with E-state index in [0.29, 0.717) is 11.3 Å². The summed E-state index contributed by atoms with van der Waals surface area (Å²) in [5.74, 6) is 2.37. The zero-order chi connectivity index (χ0) is 13.1. The Kier molecular flexibility index (Phi) is 5.46. The molecule has 0 amide bonds. The fraction of sp³-hybridized carbons (Fsp3) is 1.00. The number of nitrogens with two attached hydrogens (primary N) is 1. The summed E-state index contributed by atoms with van der Waals surface area (Å²) in [4.78, 5) is 2.64. The predicted octanol–water partition coefficient (Wildman–Crippen LogP) is 2.98. The van der Waals surface area contributed by atoms with Crippen molar-refractivity contribution in [1.29, 1.82) is 0 Å². The fourth-order valence-electron chi connectivity index (χ4n) is 3.39. The Balaban J connectivity index is 2.44. The minimum atomic E-state index is 0.400. The molecule has 0 radical (unpaired) electrons. The van der Waals surface area contributed by atoms with Gasteiger partial charge in [-0.25, -0.2) is 0 Å². The monoisotopic (exact) mass is 240 g/mol. The zero-order valence-corrected chi connectivity index (χ0v) is 12.5. The molecule has 17 heavy (non-hydrogen) atoms. The van der Waals surface area contributed by atoms with Crippen LogP contribution in [0.2, 0.25) is 0 Å². The molecule has 3 unspecified atom stereocenters. The van der Waals surface area contributed by atoms with Gasteiger partial charge >= 0.3 is 0 Å². The van der Waals surface area contributed by atoms with E-state index in [1.165, 1.54) is 32.5 Å². The smallest absolute Gasteiger partial charge is 0.00221 e. The maximum Gasteiger partial charge on any atom is 0.00221 e. The minimum absolute atomic E-state index is 0.400. The molecule has 1 aliphatic heterocycles. The topological polar surface area (TPSA) is 29.3 Å². The highest BCUT2D eigenvalue weighted by atomic mass is 15.1. The van der Waals surface area contributed by atoms with Crippen LogP contribution in [0.3, 0.4) is 0 Å². The third kappa shape index (κ3) is 5.87. The average molecular weight is 240 g/mol. The first-order valence-electron chi connectivity index (χ1n) is 7.22. The van der Waals surface area contributed by atoms with Gasteiger partial charge in [0, 0.05) is 19.6 Å². The van der Waals surface area contributed by atoms with Gasteiger partial charge in [-0.15, -0.1) is 0 Å². The molecule has 2 nitrogen and oxygen atoms in total. The van der Waals surface area contributed by atoms with Crippen LogP contribution in [0.25, 0.3) is 0 Å². The van der Waals surface area contributed by atoms with E-state index in [0.717, 1.165) is 18.4 Å². The number of rotatable bonds is 4. The predicted molar refractivity (Wildman–Crippen MR) is 76.0 cm³/mol. The Hall–Kier alpha value is -0.0800. The molecule has 1 aliphatic rings. The lowest BCUT2D eigenvalue weighted by Gasteiger charge is -2.38. The fourth-order valence-corrected chi connectivity index (χ4v) is 3.39. The molecule has 1 rings (SSSR count). The molecule has 0 aromatic rings. The highest BCUT2D eigenvalue weighted by Crippen LogP contribution is 2.27. The largest absolute Gasteiger partial charge is 0.330 e. The lowest BCUT2D eigenvalue weighted by Crippen LogP contribution is -2.43. The third-order valence-electron chi connectivity index (χ3n) is 3.70. The Labute approximate surface area is 108 Å². The molecule has 3 atom stereocenters. The Bertz CT molecular complexity index is 209. The number of piperidine rings is 1. The third-order valence-corrected chi connectivity index (χ3v) is 3.70. The summed E-state index contributed by atoms with van der Waals surface area (Å²) < 4.78 is 0. The molecule has 2 heteroatoms. The van der Waals surface area contributed by atoms with Gasteiger partial charge in [0.2, 0.25) is 0 Å². The van der Waals surface area contributed by atoms with Crippen LogP contribution in [0.5, 0.6) is 0 Å². The van der Waals surface area contributed by atoms with Gasteiger partial charge in [0.25, 0.3) is 0 Å². The standard InChI is InChI=1S/C15H32N2/c1-12-6-13(2)10-17(9-12)11-14(8-16)7-15(3,4)5/h12-14H,6-11,16H2,1-5H3. The van der Waals surface area contributed by atoms with E-state index in [-0.39, 0.29) is 0 Å². The number of likely N-dealkylation sites (tertiary alicyclic amines) is 1. The Morgan fingerprint density at radius 1 is 1.18 bits per heavy atom. The zero-order valence-electron chi connectivity index (χ0n) is 12.5. The summed E-state index contributed by atoms with van der Waals surface area (Å²) in [5, 5.41) is 0. The summed E-state index contributed by atoms with van der Waals surface area (Å²) in [7, 11) is 0. The van der Waals surface area contributed by atoms with Crippen LogP contribution in [0, 0.1) is 23.2 Å². The molecule has 0 aromatic heterocycles. The van der Waals surface area contributed by atoms with E-state index in [1.807, 2.05) is 0 Å². The first kappa shape index (κ1) is 15.0. The van der Waals surface area contributed by atoms with Crippen LogP contribution < -0.4 is 5.73 Å².